The van der Waals surface area contributed by atoms with Crippen LogP contribution in [0.25, 0.3) is 0 Å². The Bertz CT molecular complexity index is 237. The molecule has 0 unspecified atom stereocenters. The zero-order valence-electron chi connectivity index (χ0n) is 12.2. The van der Waals surface area contributed by atoms with Gasteiger partial charge in [0.25, 0.3) is 0 Å². The van der Waals surface area contributed by atoms with Crippen molar-refractivity contribution in [2.24, 2.45) is 0 Å². The quantitative estimate of drug-likeness (QED) is 0.722. The van der Waals surface area contributed by atoms with E-state index in [9.17, 15) is 4.79 Å². The van der Waals surface area contributed by atoms with Crippen LogP contribution in [-0.4, -0.2) is 50.1 Å². The SMILES string of the molecule is CCCNC1CCC(N(C)CCC(=O)NC)CC1. The monoisotopic (exact) mass is 255 g/mol. The number of carbonyl (C=O) groups excluding carboxylic acids is 1. The number of nitrogens with one attached hydrogen (secondary N) is 2. The molecule has 0 atom stereocenters. The van der Waals surface area contributed by atoms with Crippen LogP contribution in [0, 0.1) is 0 Å². The lowest BCUT2D eigenvalue weighted by molar-refractivity contribution is -0.121. The highest BCUT2D eigenvalue weighted by atomic mass is 16.1. The van der Waals surface area contributed by atoms with Crippen LogP contribution < -0.4 is 10.6 Å². The number of carbonyl (C=O) groups is 1. The Balaban J connectivity index is 2.18. The fourth-order valence-corrected chi connectivity index (χ4v) is 2.65. The van der Waals surface area contributed by atoms with Crippen LogP contribution in [0.5, 0.6) is 0 Å². The Labute approximate surface area is 111 Å². The number of hydrogen-bond donors (Lipinski definition) is 2. The van der Waals surface area contributed by atoms with Crippen LogP contribution in [0.1, 0.15) is 45.4 Å². The Morgan fingerprint density at radius 2 is 1.94 bits per heavy atom. The molecular weight excluding hydrogens is 226 g/mol. The summed E-state index contributed by atoms with van der Waals surface area (Å²) in [6.45, 7) is 4.23. The van der Waals surface area contributed by atoms with Gasteiger partial charge in [0.15, 0.2) is 0 Å². The summed E-state index contributed by atoms with van der Waals surface area (Å²) in [6, 6.07) is 1.38. The van der Waals surface area contributed by atoms with Gasteiger partial charge in [-0.15, -0.1) is 0 Å². The standard InChI is InChI=1S/C14H29N3O/c1-4-10-16-12-5-7-13(8-6-12)17(3)11-9-14(18)15-2/h12-13,16H,4-11H2,1-3H3,(H,15,18). The molecule has 106 valence electrons. The molecule has 1 aliphatic carbocycles. The molecule has 1 rings (SSSR count). The van der Waals surface area contributed by atoms with Crippen molar-refractivity contribution in [2.75, 3.05) is 27.2 Å². The molecule has 1 aliphatic rings. The lowest BCUT2D eigenvalue weighted by Crippen LogP contribution is -2.42. The largest absolute Gasteiger partial charge is 0.359 e. The third-order valence-electron chi connectivity index (χ3n) is 3.97. The Morgan fingerprint density at radius 1 is 1.28 bits per heavy atom. The Kier molecular flexibility index (Phi) is 7.28. The minimum Gasteiger partial charge on any atom is -0.359 e. The van der Waals surface area contributed by atoms with Gasteiger partial charge < -0.3 is 15.5 Å². The molecule has 1 amide bonds. The molecule has 4 heteroatoms. The van der Waals surface area contributed by atoms with Gasteiger partial charge in [-0.25, -0.2) is 0 Å². The van der Waals surface area contributed by atoms with E-state index < -0.39 is 0 Å². The number of rotatable bonds is 7. The minimum atomic E-state index is 0.139. The van der Waals surface area contributed by atoms with Gasteiger partial charge in [-0.05, 0) is 45.7 Å². The van der Waals surface area contributed by atoms with Gasteiger partial charge >= 0.3 is 0 Å². The summed E-state index contributed by atoms with van der Waals surface area (Å²) in [7, 11) is 3.85. The minimum absolute atomic E-state index is 0.139. The third kappa shape index (κ3) is 5.36. The topological polar surface area (TPSA) is 44.4 Å². The Morgan fingerprint density at radius 3 is 2.50 bits per heavy atom. The van der Waals surface area contributed by atoms with E-state index >= 15 is 0 Å². The van der Waals surface area contributed by atoms with Crippen molar-refractivity contribution in [3.05, 3.63) is 0 Å². The Hall–Kier alpha value is -0.610. The number of nitrogens with zero attached hydrogens (tertiary/aromatic N) is 1. The average molecular weight is 255 g/mol. The van der Waals surface area contributed by atoms with Crippen molar-refractivity contribution in [1.82, 2.24) is 15.5 Å². The first-order valence-electron chi connectivity index (χ1n) is 7.31. The predicted octanol–water partition coefficient (Wildman–Crippen LogP) is 1.37. The van der Waals surface area contributed by atoms with E-state index in [0.717, 1.165) is 13.1 Å². The predicted molar refractivity (Wildman–Crippen MR) is 75.7 cm³/mol. The molecule has 18 heavy (non-hydrogen) atoms. The molecule has 2 N–H and O–H groups in total. The van der Waals surface area contributed by atoms with Gasteiger partial charge in [-0.1, -0.05) is 6.92 Å². The van der Waals surface area contributed by atoms with Gasteiger partial charge in [-0.3, -0.25) is 4.79 Å². The highest BCUT2D eigenvalue weighted by molar-refractivity contribution is 5.75. The highest BCUT2D eigenvalue weighted by Gasteiger charge is 2.23. The molecule has 0 spiro atoms. The van der Waals surface area contributed by atoms with Crippen molar-refractivity contribution in [2.45, 2.75) is 57.5 Å². The van der Waals surface area contributed by atoms with Crippen molar-refractivity contribution in [1.29, 1.82) is 0 Å². The van der Waals surface area contributed by atoms with E-state index in [-0.39, 0.29) is 5.91 Å². The van der Waals surface area contributed by atoms with Gasteiger partial charge in [0.05, 0.1) is 0 Å². The average Bonchev–Trinajstić information content (AvgIpc) is 2.42. The van der Waals surface area contributed by atoms with Crippen molar-refractivity contribution < 1.29 is 4.79 Å². The fraction of sp³-hybridized carbons (Fsp3) is 0.929. The first-order valence-corrected chi connectivity index (χ1v) is 7.31. The second-order valence-corrected chi connectivity index (χ2v) is 5.36. The van der Waals surface area contributed by atoms with Crippen molar-refractivity contribution in [3.63, 3.8) is 0 Å². The molecule has 0 aliphatic heterocycles. The zero-order chi connectivity index (χ0) is 13.4. The maximum Gasteiger partial charge on any atom is 0.221 e. The van der Waals surface area contributed by atoms with Crippen LogP contribution in [-0.2, 0) is 4.79 Å². The van der Waals surface area contributed by atoms with E-state index in [0.29, 0.717) is 18.5 Å². The molecule has 0 heterocycles. The summed E-state index contributed by atoms with van der Waals surface area (Å²) in [5, 5.41) is 6.29. The number of amides is 1. The molecular formula is C14H29N3O. The van der Waals surface area contributed by atoms with Crippen molar-refractivity contribution in [3.8, 4) is 0 Å². The van der Waals surface area contributed by atoms with E-state index in [1.54, 1.807) is 7.05 Å². The molecule has 1 fully saturated rings. The molecule has 0 radical (unpaired) electrons. The van der Waals surface area contributed by atoms with Crippen molar-refractivity contribution >= 4 is 5.91 Å². The van der Waals surface area contributed by atoms with E-state index in [1.807, 2.05) is 0 Å². The van der Waals surface area contributed by atoms with Gasteiger partial charge in [0.1, 0.15) is 0 Å². The first-order chi connectivity index (χ1) is 8.67. The fourth-order valence-electron chi connectivity index (χ4n) is 2.65. The van der Waals surface area contributed by atoms with Gasteiger partial charge in [0.2, 0.25) is 5.91 Å². The van der Waals surface area contributed by atoms with Crippen LogP contribution in [0.3, 0.4) is 0 Å². The van der Waals surface area contributed by atoms with Crippen LogP contribution >= 0.6 is 0 Å². The summed E-state index contributed by atoms with van der Waals surface area (Å²) in [6.07, 6.45) is 6.88. The van der Waals surface area contributed by atoms with E-state index in [2.05, 4.69) is 29.5 Å². The summed E-state index contributed by atoms with van der Waals surface area (Å²) < 4.78 is 0. The van der Waals surface area contributed by atoms with E-state index in [4.69, 9.17) is 0 Å². The molecule has 0 saturated heterocycles. The smallest absolute Gasteiger partial charge is 0.221 e. The van der Waals surface area contributed by atoms with Gasteiger partial charge in [0, 0.05) is 32.1 Å². The maximum atomic E-state index is 11.2. The normalized spacial score (nSPS) is 24.2. The molecule has 0 bridgehead atoms. The van der Waals surface area contributed by atoms with Crippen LogP contribution in [0.15, 0.2) is 0 Å². The second kappa shape index (κ2) is 8.48. The molecule has 1 saturated carbocycles. The number of hydrogen-bond acceptors (Lipinski definition) is 3. The van der Waals surface area contributed by atoms with Gasteiger partial charge in [-0.2, -0.15) is 0 Å². The molecule has 0 aromatic heterocycles. The zero-order valence-corrected chi connectivity index (χ0v) is 12.2. The molecule has 0 aromatic rings. The molecule has 0 aromatic carbocycles. The van der Waals surface area contributed by atoms with Crippen LogP contribution in [0.4, 0.5) is 0 Å². The first kappa shape index (κ1) is 15.4. The van der Waals surface area contributed by atoms with E-state index in [1.165, 1.54) is 32.1 Å². The highest BCUT2D eigenvalue weighted by Crippen LogP contribution is 2.22. The summed E-state index contributed by atoms with van der Waals surface area (Å²) in [4.78, 5) is 13.6. The summed E-state index contributed by atoms with van der Waals surface area (Å²) in [5.74, 6) is 0.139. The second-order valence-electron chi connectivity index (χ2n) is 5.36. The summed E-state index contributed by atoms with van der Waals surface area (Å²) >= 11 is 0. The molecule has 4 nitrogen and oxygen atoms in total. The lowest BCUT2D eigenvalue weighted by Gasteiger charge is -2.35. The van der Waals surface area contributed by atoms with Crippen LogP contribution in [0.2, 0.25) is 0 Å². The maximum absolute atomic E-state index is 11.2. The third-order valence-corrected chi connectivity index (χ3v) is 3.97. The summed E-state index contributed by atoms with van der Waals surface area (Å²) in [5.41, 5.74) is 0. The lowest BCUT2D eigenvalue weighted by atomic mass is 9.90.